The Morgan fingerprint density at radius 3 is 2.14 bits per heavy atom. The number of aliphatic hydroxyl groups is 2. The molecule has 0 amide bonds. The Morgan fingerprint density at radius 1 is 0.930 bits per heavy atom. The van der Waals surface area contributed by atoms with Crippen molar-refractivity contribution in [3.63, 3.8) is 0 Å². The van der Waals surface area contributed by atoms with E-state index in [2.05, 4.69) is 20.4 Å². The van der Waals surface area contributed by atoms with E-state index in [1.807, 2.05) is 31.2 Å². The second-order valence-corrected chi connectivity index (χ2v) is 15.1. The molecule has 4 aliphatic carbocycles. The Balaban J connectivity index is 1.46. The minimum absolute atomic E-state index is 0.0606. The molecule has 43 heavy (non-hydrogen) atoms. The van der Waals surface area contributed by atoms with Crippen molar-refractivity contribution in [3.8, 4) is 0 Å². The highest BCUT2D eigenvalue weighted by atomic mass is 19.4. The van der Waals surface area contributed by atoms with E-state index >= 15 is 8.78 Å². The fourth-order valence-corrected chi connectivity index (χ4v) is 9.31. The first kappa shape index (κ1) is 31.2. The number of alkyl halides is 5. The van der Waals surface area contributed by atoms with Gasteiger partial charge in [-0.15, -0.1) is 0 Å². The topological polar surface area (TPSA) is 58.9 Å². The van der Waals surface area contributed by atoms with Gasteiger partial charge in [0, 0.05) is 29.6 Å². The van der Waals surface area contributed by atoms with E-state index in [-0.39, 0.29) is 30.6 Å². The summed E-state index contributed by atoms with van der Waals surface area (Å²) in [7, 11) is 0. The predicted octanol–water partition coefficient (Wildman–Crippen LogP) is 7.94. The van der Waals surface area contributed by atoms with Gasteiger partial charge in [-0.1, -0.05) is 62.8 Å². The summed E-state index contributed by atoms with van der Waals surface area (Å²) in [6.45, 7) is 12.4. The Hall–Kier alpha value is -1.81. The van der Waals surface area contributed by atoms with Crippen molar-refractivity contribution in [2.75, 3.05) is 13.2 Å². The second kappa shape index (κ2) is 9.60. The van der Waals surface area contributed by atoms with Gasteiger partial charge in [-0.2, -0.15) is 22.0 Å². The van der Waals surface area contributed by atoms with Crippen molar-refractivity contribution in [2.45, 2.75) is 114 Å². The quantitative estimate of drug-likeness (QED) is 0.270. The van der Waals surface area contributed by atoms with Crippen LogP contribution in [0.1, 0.15) is 96.1 Å². The van der Waals surface area contributed by atoms with E-state index in [1.165, 1.54) is 6.92 Å². The number of fused-ring (bicyclic) bond motifs is 4. The van der Waals surface area contributed by atoms with E-state index in [9.17, 15) is 23.4 Å². The molecular formula is C34H43F5O4. The maximum atomic E-state index is 15.3. The molecule has 5 aliphatic rings. The highest BCUT2D eigenvalue weighted by Crippen LogP contribution is 2.71. The Morgan fingerprint density at radius 2 is 1.56 bits per heavy atom. The fourth-order valence-electron chi connectivity index (χ4n) is 9.31. The molecule has 3 saturated carbocycles. The zero-order chi connectivity index (χ0) is 31.4. The van der Waals surface area contributed by atoms with E-state index < -0.39 is 52.8 Å². The first-order valence-electron chi connectivity index (χ1n) is 15.4. The number of hydrogen-bond acceptors (Lipinski definition) is 4. The zero-order valence-electron chi connectivity index (χ0n) is 25.4. The van der Waals surface area contributed by atoms with Gasteiger partial charge in [0.15, 0.2) is 5.79 Å². The van der Waals surface area contributed by atoms with Gasteiger partial charge in [0.25, 0.3) is 0 Å². The van der Waals surface area contributed by atoms with Crippen molar-refractivity contribution < 1.29 is 41.6 Å². The van der Waals surface area contributed by atoms with E-state index in [0.29, 0.717) is 38.9 Å². The van der Waals surface area contributed by atoms with Crippen LogP contribution in [-0.4, -0.2) is 52.5 Å². The molecule has 1 aromatic rings. The summed E-state index contributed by atoms with van der Waals surface area (Å²) in [5, 5.41) is 23.7. The number of ether oxygens (including phenoxy) is 2. The zero-order valence-corrected chi connectivity index (χ0v) is 25.4. The molecule has 2 N–H and O–H groups in total. The van der Waals surface area contributed by atoms with Crippen LogP contribution in [0.5, 0.6) is 0 Å². The van der Waals surface area contributed by atoms with Gasteiger partial charge in [-0.25, -0.2) is 0 Å². The van der Waals surface area contributed by atoms with Crippen LogP contribution in [0.3, 0.4) is 0 Å². The third kappa shape index (κ3) is 4.50. The van der Waals surface area contributed by atoms with Crippen molar-refractivity contribution in [1.29, 1.82) is 0 Å². The lowest BCUT2D eigenvalue weighted by molar-refractivity contribution is -0.362. The van der Waals surface area contributed by atoms with E-state index in [4.69, 9.17) is 9.47 Å². The molecule has 9 heteroatoms. The summed E-state index contributed by atoms with van der Waals surface area (Å²) in [6.07, 6.45) is -4.52. The molecule has 6 atom stereocenters. The Kier molecular flexibility index (Phi) is 6.96. The van der Waals surface area contributed by atoms with Crippen LogP contribution in [0.4, 0.5) is 22.0 Å². The molecule has 6 rings (SSSR count). The van der Waals surface area contributed by atoms with Crippen LogP contribution in [0, 0.1) is 22.7 Å². The van der Waals surface area contributed by atoms with Gasteiger partial charge >= 0.3 is 12.1 Å². The van der Waals surface area contributed by atoms with E-state index in [0.717, 1.165) is 27.8 Å². The predicted molar refractivity (Wildman–Crippen MR) is 152 cm³/mol. The largest absolute Gasteiger partial charge is 0.456 e. The number of benzene rings is 1. The molecular weight excluding hydrogens is 567 g/mol. The molecule has 1 spiro atoms. The summed E-state index contributed by atoms with van der Waals surface area (Å²) in [4.78, 5) is 0. The molecule has 0 unspecified atom stereocenters. The number of rotatable bonds is 3. The monoisotopic (exact) mass is 610 g/mol. The minimum Gasteiger partial charge on any atom is -0.385 e. The first-order valence-corrected chi connectivity index (χ1v) is 15.4. The molecule has 0 bridgehead atoms. The lowest BCUT2D eigenvalue weighted by atomic mass is 9.49. The fraction of sp³-hybridized carbons (Fsp3) is 0.706. The summed E-state index contributed by atoms with van der Waals surface area (Å²) < 4.78 is 84.6. The van der Waals surface area contributed by atoms with Crippen LogP contribution in [0.25, 0.3) is 5.57 Å². The molecule has 238 valence electrons. The van der Waals surface area contributed by atoms with Crippen molar-refractivity contribution in [2.24, 2.45) is 22.7 Å². The van der Waals surface area contributed by atoms with Crippen LogP contribution in [-0.2, 0) is 9.47 Å². The average molecular weight is 611 g/mol. The van der Waals surface area contributed by atoms with Crippen molar-refractivity contribution in [1.82, 2.24) is 0 Å². The highest BCUT2D eigenvalue weighted by molar-refractivity contribution is 5.61. The smallest absolute Gasteiger partial charge is 0.385 e. The van der Waals surface area contributed by atoms with E-state index in [1.54, 1.807) is 0 Å². The third-order valence-electron chi connectivity index (χ3n) is 11.7. The normalized spacial score (nSPS) is 38.8. The summed E-state index contributed by atoms with van der Waals surface area (Å²) in [6, 6.07) is 7.53. The van der Waals surface area contributed by atoms with Crippen LogP contribution < -0.4 is 0 Å². The Labute approximate surface area is 250 Å². The van der Waals surface area contributed by atoms with Crippen LogP contribution >= 0.6 is 0 Å². The molecule has 0 aromatic heterocycles. The highest BCUT2D eigenvalue weighted by Gasteiger charge is 2.79. The molecule has 0 radical (unpaired) electrons. The number of hydrogen-bond donors (Lipinski definition) is 2. The van der Waals surface area contributed by atoms with Gasteiger partial charge in [0.1, 0.15) is 5.60 Å². The number of halogens is 5. The Bertz CT molecular complexity index is 1320. The average Bonchev–Trinajstić information content (AvgIpc) is 3.20. The standard InChI is InChI=1S/C34H43F5O4/c1-20(2)21-6-8-22(9-7-21)24-16-29(5)25(12-15-32(29,41)33(35,36)34(37,38)39)23-10-13-30(40)17-31(14-11-26(30)27(23)24)42-18-28(3,4)19-43-31/h6-9,23-25,40-41H,1,10-19H2,2-5H3/t23-,24+,25-,29-,30+,32-/m0/s1. The number of allylic oxidation sites excluding steroid dienone is 2. The maximum Gasteiger partial charge on any atom is 0.456 e. The van der Waals surface area contributed by atoms with Gasteiger partial charge < -0.3 is 19.7 Å². The second-order valence-electron chi connectivity index (χ2n) is 15.1. The molecule has 1 aliphatic heterocycles. The van der Waals surface area contributed by atoms with Gasteiger partial charge in [-0.3, -0.25) is 0 Å². The van der Waals surface area contributed by atoms with Crippen molar-refractivity contribution in [3.05, 3.63) is 53.1 Å². The molecule has 4 fully saturated rings. The third-order valence-corrected chi connectivity index (χ3v) is 11.7. The van der Waals surface area contributed by atoms with Crippen LogP contribution in [0.15, 0.2) is 42.0 Å². The molecule has 1 saturated heterocycles. The SMILES string of the molecule is C=C(C)c1ccc([C@H]2C[C@@]3(C)[C@@H](CC[C@@]3(O)C(F)(F)C(F)(F)F)[C@@H]3CC[C@@]4(O)CC5(CCC4=C32)OCC(C)(C)CO5)cc1. The van der Waals surface area contributed by atoms with Gasteiger partial charge in [0.2, 0.25) is 0 Å². The summed E-state index contributed by atoms with van der Waals surface area (Å²) in [5.74, 6) is -7.63. The van der Waals surface area contributed by atoms with Gasteiger partial charge in [0.05, 0.1) is 18.8 Å². The molecule has 1 aromatic carbocycles. The maximum absolute atomic E-state index is 15.3. The summed E-state index contributed by atoms with van der Waals surface area (Å²) in [5.41, 5.74) is -2.01. The summed E-state index contributed by atoms with van der Waals surface area (Å²) >= 11 is 0. The van der Waals surface area contributed by atoms with Crippen LogP contribution in [0.2, 0.25) is 0 Å². The lowest BCUT2D eigenvalue weighted by Gasteiger charge is -2.59. The molecule has 1 heterocycles. The first-order chi connectivity index (χ1) is 19.8. The van der Waals surface area contributed by atoms with Gasteiger partial charge in [-0.05, 0) is 74.0 Å². The lowest BCUT2D eigenvalue weighted by Crippen LogP contribution is -2.65. The minimum atomic E-state index is -5.88. The van der Waals surface area contributed by atoms with Crippen molar-refractivity contribution >= 4 is 5.57 Å². The molecule has 4 nitrogen and oxygen atoms in total.